The Balaban J connectivity index is 1.64. The van der Waals surface area contributed by atoms with Gasteiger partial charge >= 0.3 is 0 Å². The molecule has 142 valence electrons. The van der Waals surface area contributed by atoms with Gasteiger partial charge in [0, 0.05) is 17.8 Å². The molecule has 2 aliphatic rings. The lowest BCUT2D eigenvalue weighted by Crippen LogP contribution is -2.45. The van der Waals surface area contributed by atoms with Gasteiger partial charge < -0.3 is 14.4 Å². The van der Waals surface area contributed by atoms with E-state index in [-0.39, 0.29) is 25.3 Å². The molecule has 0 spiro atoms. The van der Waals surface area contributed by atoms with Gasteiger partial charge in [-0.25, -0.2) is 8.42 Å². The van der Waals surface area contributed by atoms with E-state index in [0.717, 1.165) is 28.2 Å². The molecule has 0 saturated heterocycles. The number of ether oxygens (including phenoxy) is 2. The van der Waals surface area contributed by atoms with Gasteiger partial charge in [0.1, 0.15) is 6.54 Å². The molecule has 0 aliphatic carbocycles. The van der Waals surface area contributed by atoms with Gasteiger partial charge in [-0.1, -0.05) is 18.2 Å². The van der Waals surface area contributed by atoms with Crippen molar-refractivity contribution in [3.8, 4) is 11.5 Å². The molecule has 2 aromatic rings. The number of carbonyl (C=O) groups excluding carboxylic acids is 1. The first-order valence-corrected chi connectivity index (χ1v) is 10.5. The molecule has 0 unspecified atom stereocenters. The molecule has 0 saturated carbocycles. The second kappa shape index (κ2) is 6.45. The zero-order valence-electron chi connectivity index (χ0n) is 15.1. The summed E-state index contributed by atoms with van der Waals surface area (Å²) in [6.45, 7) is 1.78. The van der Waals surface area contributed by atoms with Gasteiger partial charge in [-0.15, -0.1) is 0 Å². The van der Waals surface area contributed by atoms with E-state index in [2.05, 4.69) is 0 Å². The molecule has 0 radical (unpaired) electrons. The van der Waals surface area contributed by atoms with Crippen molar-refractivity contribution in [1.29, 1.82) is 0 Å². The van der Waals surface area contributed by atoms with Crippen molar-refractivity contribution in [2.45, 2.75) is 19.4 Å². The van der Waals surface area contributed by atoms with Crippen LogP contribution in [0.3, 0.4) is 0 Å². The molecule has 0 N–H and O–H groups in total. The Hall–Kier alpha value is -2.74. The van der Waals surface area contributed by atoms with Crippen LogP contribution in [0.25, 0.3) is 0 Å². The summed E-state index contributed by atoms with van der Waals surface area (Å²) in [5.74, 6) is 0.754. The van der Waals surface area contributed by atoms with Gasteiger partial charge in [0.15, 0.2) is 11.5 Å². The summed E-state index contributed by atoms with van der Waals surface area (Å²) in [6, 6.07) is 12.5. The van der Waals surface area contributed by atoms with Crippen molar-refractivity contribution in [3.05, 3.63) is 48.0 Å². The number of para-hydroxylation sites is 1. The monoisotopic (exact) mass is 388 g/mol. The minimum absolute atomic E-state index is 0.0203. The predicted molar refractivity (Wildman–Crippen MR) is 102 cm³/mol. The summed E-state index contributed by atoms with van der Waals surface area (Å²) in [6.07, 6.45) is 1.84. The summed E-state index contributed by atoms with van der Waals surface area (Å²) < 4.78 is 36.5. The number of hydrogen-bond donors (Lipinski definition) is 0. The summed E-state index contributed by atoms with van der Waals surface area (Å²) in [4.78, 5) is 14.7. The molecule has 0 bridgehead atoms. The molecule has 2 aliphatic heterocycles. The highest BCUT2D eigenvalue weighted by molar-refractivity contribution is 7.92. The Morgan fingerprint density at radius 3 is 2.70 bits per heavy atom. The topological polar surface area (TPSA) is 76.2 Å². The van der Waals surface area contributed by atoms with Gasteiger partial charge in [-0.2, -0.15) is 0 Å². The Labute approximate surface area is 158 Å². The average molecular weight is 388 g/mol. The fourth-order valence-corrected chi connectivity index (χ4v) is 4.43. The molecule has 0 aromatic heterocycles. The lowest BCUT2D eigenvalue weighted by Gasteiger charge is -2.28. The highest BCUT2D eigenvalue weighted by Crippen LogP contribution is 2.37. The quantitative estimate of drug-likeness (QED) is 0.802. The number of sulfonamides is 1. The minimum Gasteiger partial charge on any atom is -0.454 e. The van der Waals surface area contributed by atoms with E-state index in [1.165, 1.54) is 0 Å². The van der Waals surface area contributed by atoms with Gasteiger partial charge in [0.2, 0.25) is 22.7 Å². The maximum atomic E-state index is 13.0. The standard InChI is InChI=1S/C19H20N2O5S/c1-13-9-14-5-3-4-6-16(14)21(13)19(22)11-20(27(2,23)24)15-7-8-17-18(10-15)26-12-25-17/h3-8,10,13H,9,11-12H2,1-2H3/t13-/m0/s1. The lowest BCUT2D eigenvalue weighted by molar-refractivity contribution is -0.117. The zero-order valence-corrected chi connectivity index (χ0v) is 15.9. The van der Waals surface area contributed by atoms with Gasteiger partial charge in [0.25, 0.3) is 0 Å². The number of nitrogens with zero attached hydrogens (tertiary/aromatic N) is 2. The number of anilines is 2. The second-order valence-corrected chi connectivity index (χ2v) is 8.66. The normalized spacial score (nSPS) is 17.7. The van der Waals surface area contributed by atoms with E-state index in [1.54, 1.807) is 23.1 Å². The van der Waals surface area contributed by atoms with Crippen molar-refractivity contribution < 1.29 is 22.7 Å². The Kier molecular flexibility index (Phi) is 4.22. The Morgan fingerprint density at radius 2 is 1.93 bits per heavy atom. The zero-order chi connectivity index (χ0) is 19.2. The van der Waals surface area contributed by atoms with E-state index >= 15 is 0 Å². The van der Waals surface area contributed by atoms with E-state index in [1.807, 2.05) is 31.2 Å². The number of carbonyl (C=O) groups is 1. The van der Waals surface area contributed by atoms with Crippen LogP contribution in [0.1, 0.15) is 12.5 Å². The van der Waals surface area contributed by atoms with Crippen molar-refractivity contribution in [2.24, 2.45) is 0 Å². The molecule has 0 fully saturated rings. The number of amides is 1. The third kappa shape index (κ3) is 3.21. The number of benzene rings is 2. The Morgan fingerprint density at radius 1 is 1.19 bits per heavy atom. The molecule has 8 heteroatoms. The van der Waals surface area contributed by atoms with Crippen LogP contribution >= 0.6 is 0 Å². The maximum Gasteiger partial charge on any atom is 0.248 e. The first-order chi connectivity index (χ1) is 12.8. The number of rotatable bonds is 4. The smallest absolute Gasteiger partial charge is 0.248 e. The third-order valence-corrected chi connectivity index (χ3v) is 5.94. The van der Waals surface area contributed by atoms with Gasteiger partial charge in [-0.05, 0) is 37.1 Å². The SMILES string of the molecule is C[C@H]1Cc2ccccc2N1C(=O)CN(c1ccc2c(c1)OCO2)S(C)(=O)=O. The molecule has 1 atom stereocenters. The summed E-state index contributed by atoms with van der Waals surface area (Å²) in [7, 11) is -3.67. The molecule has 7 nitrogen and oxygen atoms in total. The highest BCUT2D eigenvalue weighted by Gasteiger charge is 2.33. The average Bonchev–Trinajstić information content (AvgIpc) is 3.20. The van der Waals surface area contributed by atoms with Crippen LogP contribution in [0.2, 0.25) is 0 Å². The molecule has 2 aromatic carbocycles. The predicted octanol–water partition coefficient (Wildman–Crippen LogP) is 2.16. The molecule has 27 heavy (non-hydrogen) atoms. The number of fused-ring (bicyclic) bond motifs is 2. The first kappa shape index (κ1) is 17.7. The summed E-state index contributed by atoms with van der Waals surface area (Å²) in [5, 5.41) is 0. The molecule has 1 amide bonds. The summed E-state index contributed by atoms with van der Waals surface area (Å²) >= 11 is 0. The van der Waals surface area contributed by atoms with Crippen LogP contribution in [0.5, 0.6) is 11.5 Å². The molecular formula is C19H20N2O5S. The molecule has 4 rings (SSSR count). The van der Waals surface area contributed by atoms with E-state index in [9.17, 15) is 13.2 Å². The van der Waals surface area contributed by atoms with Crippen molar-refractivity contribution >= 4 is 27.3 Å². The van der Waals surface area contributed by atoms with Gasteiger partial charge in [-0.3, -0.25) is 9.10 Å². The van der Waals surface area contributed by atoms with Crippen molar-refractivity contribution in [3.63, 3.8) is 0 Å². The van der Waals surface area contributed by atoms with Gasteiger partial charge in [0.05, 0.1) is 11.9 Å². The van der Waals surface area contributed by atoms with E-state index < -0.39 is 10.0 Å². The summed E-state index contributed by atoms with van der Waals surface area (Å²) in [5.41, 5.74) is 2.30. The fraction of sp³-hybridized carbons (Fsp3) is 0.316. The molecular weight excluding hydrogens is 368 g/mol. The van der Waals surface area contributed by atoms with Crippen LogP contribution in [0.4, 0.5) is 11.4 Å². The highest BCUT2D eigenvalue weighted by atomic mass is 32.2. The van der Waals surface area contributed by atoms with Crippen LogP contribution < -0.4 is 18.7 Å². The maximum absolute atomic E-state index is 13.0. The fourth-order valence-electron chi connectivity index (χ4n) is 3.58. The van der Waals surface area contributed by atoms with Crippen molar-refractivity contribution in [1.82, 2.24) is 0 Å². The van der Waals surface area contributed by atoms with E-state index in [0.29, 0.717) is 17.2 Å². The third-order valence-electron chi connectivity index (χ3n) is 4.80. The van der Waals surface area contributed by atoms with Crippen molar-refractivity contribution in [2.75, 3.05) is 28.8 Å². The first-order valence-electron chi connectivity index (χ1n) is 8.62. The lowest BCUT2D eigenvalue weighted by atomic mass is 10.1. The van der Waals surface area contributed by atoms with Crippen LogP contribution in [-0.2, 0) is 21.2 Å². The largest absolute Gasteiger partial charge is 0.454 e. The van der Waals surface area contributed by atoms with Crippen LogP contribution in [-0.4, -0.2) is 40.0 Å². The van der Waals surface area contributed by atoms with Crippen LogP contribution in [0, 0.1) is 0 Å². The van der Waals surface area contributed by atoms with E-state index in [4.69, 9.17) is 9.47 Å². The Bertz CT molecular complexity index is 1000. The van der Waals surface area contributed by atoms with Crippen LogP contribution in [0.15, 0.2) is 42.5 Å². The molecule has 2 heterocycles. The number of hydrogen-bond acceptors (Lipinski definition) is 5. The minimum atomic E-state index is -3.67. The second-order valence-electron chi connectivity index (χ2n) is 6.75.